The second-order valence-electron chi connectivity index (χ2n) is 7.73. The number of nitrogens with zero attached hydrogens (tertiary/aromatic N) is 3. The molecule has 1 aliphatic rings. The first-order chi connectivity index (χ1) is 14.5. The minimum absolute atomic E-state index is 0.0638. The quantitative estimate of drug-likeness (QED) is 0.666. The summed E-state index contributed by atoms with van der Waals surface area (Å²) in [7, 11) is 0. The van der Waals surface area contributed by atoms with Crippen molar-refractivity contribution in [1.82, 2.24) is 14.9 Å². The molecule has 0 fully saturated rings. The van der Waals surface area contributed by atoms with Crippen molar-refractivity contribution in [2.45, 2.75) is 45.3 Å². The van der Waals surface area contributed by atoms with Gasteiger partial charge < -0.3 is 20.7 Å². The number of fused-ring (bicyclic) bond motifs is 1. The lowest BCUT2D eigenvalue weighted by atomic mass is 10.1. The van der Waals surface area contributed by atoms with Crippen molar-refractivity contribution in [3.63, 3.8) is 0 Å². The van der Waals surface area contributed by atoms with Crippen molar-refractivity contribution in [3.05, 3.63) is 46.2 Å². The number of anilines is 1. The van der Waals surface area contributed by atoms with E-state index in [2.05, 4.69) is 15.3 Å². The number of carbonyl (C=O) groups is 2. The topological polar surface area (TPSA) is 110 Å². The highest BCUT2D eigenvalue weighted by atomic mass is 35.5. The van der Waals surface area contributed by atoms with Crippen LogP contribution in [-0.4, -0.2) is 45.3 Å². The number of nitrogens with two attached hydrogens (primary N) is 1. The van der Waals surface area contributed by atoms with Crippen molar-refractivity contribution < 1.29 is 23.1 Å². The highest BCUT2D eigenvalue weighted by Crippen LogP contribution is 2.35. The number of pyridine rings is 2. The van der Waals surface area contributed by atoms with E-state index in [4.69, 9.17) is 22.1 Å². The fourth-order valence-electron chi connectivity index (χ4n) is 3.04. The summed E-state index contributed by atoms with van der Waals surface area (Å²) in [4.78, 5) is 35.0. The van der Waals surface area contributed by atoms with Crippen LogP contribution in [0.25, 0.3) is 0 Å². The van der Waals surface area contributed by atoms with E-state index < -0.39 is 30.5 Å². The number of ether oxygens (including phenoxy) is 1. The summed E-state index contributed by atoms with van der Waals surface area (Å²) in [5.41, 5.74) is 6.30. The van der Waals surface area contributed by atoms with Gasteiger partial charge in [-0.3, -0.25) is 9.59 Å². The molecule has 0 radical (unpaired) electrons. The van der Waals surface area contributed by atoms with Gasteiger partial charge >= 0.3 is 0 Å². The SMILES string of the molecule is CC(c1cnc(OCC(F)F)c(Cl)c1)N1Cc2c(ccnc2NC(=O)C(C)(C)N)C1=O. The lowest BCUT2D eigenvalue weighted by Gasteiger charge is -2.25. The van der Waals surface area contributed by atoms with Crippen molar-refractivity contribution in [2.24, 2.45) is 5.73 Å². The van der Waals surface area contributed by atoms with Gasteiger partial charge in [-0.15, -0.1) is 0 Å². The fourth-order valence-corrected chi connectivity index (χ4v) is 3.26. The third-order valence-corrected chi connectivity index (χ3v) is 5.09. The largest absolute Gasteiger partial charge is 0.471 e. The Kier molecular flexibility index (Phi) is 6.42. The molecule has 2 aromatic rings. The third-order valence-electron chi connectivity index (χ3n) is 4.82. The predicted molar refractivity (Wildman–Crippen MR) is 110 cm³/mol. The molecule has 1 aliphatic heterocycles. The van der Waals surface area contributed by atoms with Gasteiger partial charge in [-0.1, -0.05) is 11.6 Å². The zero-order chi connectivity index (χ0) is 22.9. The molecular weight excluding hydrogens is 432 g/mol. The lowest BCUT2D eigenvalue weighted by molar-refractivity contribution is -0.120. The summed E-state index contributed by atoms with van der Waals surface area (Å²) in [6, 6.07) is 2.66. The first-order valence-corrected chi connectivity index (χ1v) is 9.82. The first-order valence-electron chi connectivity index (χ1n) is 9.44. The van der Waals surface area contributed by atoms with Gasteiger partial charge in [-0.05, 0) is 38.5 Å². The number of rotatable bonds is 7. The van der Waals surface area contributed by atoms with Gasteiger partial charge in [-0.2, -0.15) is 0 Å². The van der Waals surface area contributed by atoms with Gasteiger partial charge in [0, 0.05) is 23.5 Å². The molecule has 3 heterocycles. The van der Waals surface area contributed by atoms with Crippen molar-refractivity contribution >= 4 is 29.2 Å². The van der Waals surface area contributed by atoms with Gasteiger partial charge in [0.15, 0.2) is 6.61 Å². The Balaban J connectivity index is 1.81. The van der Waals surface area contributed by atoms with Crippen LogP contribution in [0.3, 0.4) is 0 Å². The molecule has 8 nitrogen and oxygen atoms in total. The number of halogens is 3. The van der Waals surface area contributed by atoms with E-state index in [0.717, 1.165) is 0 Å². The molecule has 0 saturated carbocycles. The van der Waals surface area contributed by atoms with E-state index in [9.17, 15) is 18.4 Å². The maximum absolute atomic E-state index is 13.0. The van der Waals surface area contributed by atoms with E-state index >= 15 is 0 Å². The molecule has 0 spiro atoms. The third kappa shape index (κ3) is 4.91. The van der Waals surface area contributed by atoms with Crippen LogP contribution in [-0.2, 0) is 11.3 Å². The summed E-state index contributed by atoms with van der Waals surface area (Å²) in [5.74, 6) is -0.507. The monoisotopic (exact) mass is 453 g/mol. The summed E-state index contributed by atoms with van der Waals surface area (Å²) < 4.78 is 29.5. The van der Waals surface area contributed by atoms with E-state index in [1.165, 1.54) is 18.5 Å². The average Bonchev–Trinajstić information content (AvgIpc) is 3.03. The van der Waals surface area contributed by atoms with Gasteiger partial charge in [-0.25, -0.2) is 18.7 Å². The highest BCUT2D eigenvalue weighted by molar-refractivity contribution is 6.31. The maximum atomic E-state index is 13.0. The van der Waals surface area contributed by atoms with Crippen LogP contribution in [0.5, 0.6) is 5.88 Å². The number of carbonyl (C=O) groups excluding carboxylic acids is 2. The summed E-state index contributed by atoms with van der Waals surface area (Å²) in [5, 5.41) is 2.74. The van der Waals surface area contributed by atoms with E-state index in [-0.39, 0.29) is 29.2 Å². The molecule has 0 bridgehead atoms. The van der Waals surface area contributed by atoms with Crippen molar-refractivity contribution in [2.75, 3.05) is 11.9 Å². The molecule has 2 amide bonds. The van der Waals surface area contributed by atoms with Gasteiger partial charge in [0.05, 0.1) is 18.1 Å². The number of amides is 2. The number of nitrogens with one attached hydrogen (secondary N) is 1. The second kappa shape index (κ2) is 8.72. The Bertz CT molecular complexity index is 1010. The zero-order valence-corrected chi connectivity index (χ0v) is 17.9. The van der Waals surface area contributed by atoms with Crippen LogP contribution >= 0.6 is 11.6 Å². The minimum Gasteiger partial charge on any atom is -0.471 e. The molecule has 11 heteroatoms. The molecule has 31 heavy (non-hydrogen) atoms. The smallest absolute Gasteiger partial charge is 0.272 e. The molecule has 1 unspecified atom stereocenters. The van der Waals surface area contributed by atoms with Crippen LogP contribution < -0.4 is 15.8 Å². The predicted octanol–water partition coefficient (Wildman–Crippen LogP) is 3.17. The van der Waals surface area contributed by atoms with Gasteiger partial charge in [0.1, 0.15) is 10.8 Å². The lowest BCUT2D eigenvalue weighted by Crippen LogP contribution is -2.45. The molecule has 0 saturated heterocycles. The van der Waals surface area contributed by atoms with Crippen LogP contribution in [0.1, 0.15) is 48.3 Å². The van der Waals surface area contributed by atoms with Crippen molar-refractivity contribution in [1.29, 1.82) is 0 Å². The number of hydrogen-bond donors (Lipinski definition) is 2. The van der Waals surface area contributed by atoms with Gasteiger partial charge in [0.2, 0.25) is 11.8 Å². The molecular formula is C20H22ClF2N5O3. The molecule has 3 N–H and O–H groups in total. The molecule has 0 aliphatic carbocycles. The Hall–Kier alpha value is -2.85. The summed E-state index contributed by atoms with van der Waals surface area (Å²) >= 11 is 6.11. The first kappa shape index (κ1) is 22.8. The maximum Gasteiger partial charge on any atom is 0.272 e. The molecule has 0 aromatic carbocycles. The highest BCUT2D eigenvalue weighted by Gasteiger charge is 2.35. The van der Waals surface area contributed by atoms with Gasteiger partial charge in [0.25, 0.3) is 12.3 Å². The normalized spacial score (nSPS) is 14.6. The van der Waals surface area contributed by atoms with E-state index in [1.807, 2.05) is 0 Å². The minimum atomic E-state index is -2.65. The Morgan fingerprint density at radius 3 is 2.74 bits per heavy atom. The number of aromatic nitrogens is 2. The standard InChI is InChI=1S/C20H22ClF2N5O3/c1-10(11-6-14(21)17(26-7-11)31-9-15(22)23)28-8-13-12(18(28)29)4-5-25-16(13)27-19(30)20(2,3)24/h4-7,10,15H,8-9,24H2,1-3H3,(H,25,27,30). The van der Waals surface area contributed by atoms with Crippen LogP contribution in [0.15, 0.2) is 24.5 Å². The van der Waals surface area contributed by atoms with Crippen molar-refractivity contribution in [3.8, 4) is 5.88 Å². The molecule has 3 rings (SSSR count). The number of hydrogen-bond acceptors (Lipinski definition) is 6. The van der Waals surface area contributed by atoms with Crippen LogP contribution in [0, 0.1) is 0 Å². The zero-order valence-electron chi connectivity index (χ0n) is 17.2. The summed E-state index contributed by atoms with van der Waals surface area (Å²) in [6.07, 6.45) is 0.216. The van der Waals surface area contributed by atoms with Crippen LogP contribution in [0.2, 0.25) is 5.02 Å². The van der Waals surface area contributed by atoms with Crippen LogP contribution in [0.4, 0.5) is 14.6 Å². The number of alkyl halides is 2. The van der Waals surface area contributed by atoms with E-state index in [0.29, 0.717) is 16.7 Å². The van der Waals surface area contributed by atoms with E-state index in [1.54, 1.807) is 31.7 Å². The average molecular weight is 454 g/mol. The Labute approximate surface area is 182 Å². The molecule has 2 aromatic heterocycles. The molecule has 1 atom stereocenters. The Morgan fingerprint density at radius 1 is 1.42 bits per heavy atom. The molecule has 166 valence electrons. The summed E-state index contributed by atoms with van der Waals surface area (Å²) in [6.45, 7) is 4.30. The Morgan fingerprint density at radius 2 is 2.13 bits per heavy atom. The second-order valence-corrected chi connectivity index (χ2v) is 8.14. The fraction of sp³-hybridized carbons (Fsp3) is 0.400.